The van der Waals surface area contributed by atoms with Crippen molar-refractivity contribution in [1.29, 1.82) is 0 Å². The molecule has 1 saturated carbocycles. The lowest BCUT2D eigenvalue weighted by molar-refractivity contribution is -0.144. The largest absolute Gasteiger partial charge is 0.492 e. The Morgan fingerprint density at radius 1 is 1.13 bits per heavy atom. The molecule has 1 heterocycles. The minimum atomic E-state index is -1.000. The summed E-state index contributed by atoms with van der Waals surface area (Å²) in [5, 5.41) is 14.3. The zero-order valence-corrected chi connectivity index (χ0v) is 23.6. The molecule has 1 spiro atoms. The molecule has 2 atom stereocenters. The molecule has 1 unspecified atom stereocenters. The number of rotatable bonds is 8. The number of benzene rings is 3. The molecule has 2 aliphatic rings. The Morgan fingerprint density at radius 2 is 1.92 bits per heavy atom. The van der Waals surface area contributed by atoms with Crippen molar-refractivity contribution < 1.29 is 14.6 Å². The highest BCUT2D eigenvalue weighted by Crippen LogP contribution is 2.56. The van der Waals surface area contributed by atoms with Crippen molar-refractivity contribution in [3.63, 3.8) is 0 Å². The van der Waals surface area contributed by atoms with Gasteiger partial charge in [-0.3, -0.25) is 0 Å². The first kappa shape index (κ1) is 26.1. The second-order valence-corrected chi connectivity index (χ2v) is 12.6. The fraction of sp³-hybridized carbons (Fsp3) is 0.375. The van der Waals surface area contributed by atoms with E-state index in [2.05, 4.69) is 41.5 Å². The molecule has 0 bridgehead atoms. The highest BCUT2D eigenvalue weighted by Gasteiger charge is 2.54. The van der Waals surface area contributed by atoms with Crippen LogP contribution >= 0.6 is 22.9 Å². The summed E-state index contributed by atoms with van der Waals surface area (Å²) in [4.78, 5) is 17.1. The fourth-order valence-corrected chi connectivity index (χ4v) is 7.92. The summed E-state index contributed by atoms with van der Waals surface area (Å²) in [6, 6.07) is 22.2. The van der Waals surface area contributed by atoms with Crippen LogP contribution in [0.1, 0.15) is 50.2 Å². The van der Waals surface area contributed by atoms with E-state index >= 15 is 0 Å². The third-order valence-electron chi connectivity index (χ3n) is 8.95. The first-order valence-corrected chi connectivity index (χ1v) is 14.9. The molecule has 202 valence electrons. The molecule has 0 amide bonds. The lowest BCUT2D eigenvalue weighted by Crippen LogP contribution is -2.53. The lowest BCUT2D eigenvalue weighted by atomic mass is 9.59. The number of carboxylic acid groups (broad SMARTS) is 1. The maximum Gasteiger partial charge on any atom is 0.329 e. The molecule has 0 radical (unpaired) electrons. The molecule has 2 aliphatic carbocycles. The summed E-state index contributed by atoms with van der Waals surface area (Å²) in [6.07, 6.45) is 4.88. The molecule has 1 aromatic heterocycles. The van der Waals surface area contributed by atoms with E-state index in [9.17, 15) is 9.90 Å². The van der Waals surface area contributed by atoms with Gasteiger partial charge in [0.1, 0.15) is 11.3 Å². The first-order chi connectivity index (χ1) is 18.9. The van der Waals surface area contributed by atoms with Crippen molar-refractivity contribution in [2.75, 3.05) is 11.9 Å². The van der Waals surface area contributed by atoms with Crippen molar-refractivity contribution in [2.45, 2.75) is 56.4 Å². The van der Waals surface area contributed by atoms with E-state index < -0.39 is 11.5 Å². The number of carbonyl (C=O) groups is 1. The molecule has 2 N–H and O–H groups in total. The van der Waals surface area contributed by atoms with Gasteiger partial charge in [0.05, 0.1) is 22.3 Å². The molecule has 4 aromatic rings. The molecule has 1 fully saturated rings. The van der Waals surface area contributed by atoms with Crippen LogP contribution in [0.15, 0.2) is 72.2 Å². The maximum atomic E-state index is 12.7. The van der Waals surface area contributed by atoms with E-state index in [1.54, 1.807) is 23.5 Å². The summed E-state index contributed by atoms with van der Waals surface area (Å²) in [5.74, 6) is 0.923. The van der Waals surface area contributed by atoms with Crippen molar-refractivity contribution in [2.24, 2.45) is 11.8 Å². The summed E-state index contributed by atoms with van der Waals surface area (Å²) >= 11 is 7.81. The predicted octanol–water partition coefficient (Wildman–Crippen LogP) is 7.97. The Bertz CT molecular complexity index is 1490. The van der Waals surface area contributed by atoms with E-state index in [1.807, 2.05) is 35.8 Å². The number of anilines is 1. The average molecular weight is 561 g/mol. The Labute approximate surface area is 238 Å². The second kappa shape index (κ2) is 10.5. The smallest absolute Gasteiger partial charge is 0.329 e. The highest BCUT2D eigenvalue weighted by atomic mass is 35.5. The van der Waals surface area contributed by atoms with Crippen LogP contribution in [0.4, 0.5) is 5.69 Å². The van der Waals surface area contributed by atoms with Gasteiger partial charge in [-0.05, 0) is 97.2 Å². The number of nitrogens with zero attached hydrogens (tertiary/aromatic N) is 1. The van der Waals surface area contributed by atoms with Gasteiger partial charge in [0.2, 0.25) is 0 Å². The van der Waals surface area contributed by atoms with Crippen LogP contribution in [0.5, 0.6) is 5.75 Å². The van der Waals surface area contributed by atoms with Crippen molar-refractivity contribution in [3.8, 4) is 5.75 Å². The number of hydrogen-bond donors (Lipinski definition) is 2. The molecule has 0 saturated heterocycles. The van der Waals surface area contributed by atoms with Crippen LogP contribution in [0.3, 0.4) is 0 Å². The lowest BCUT2D eigenvalue weighted by Gasteiger charge is -2.47. The molecule has 3 aromatic carbocycles. The highest BCUT2D eigenvalue weighted by molar-refractivity contribution is 7.17. The number of thiazole rings is 1. The number of carboxylic acids is 1. The monoisotopic (exact) mass is 560 g/mol. The molecular formula is C32H33ClN2O3S. The number of aliphatic carboxylic acids is 1. The quantitative estimate of drug-likeness (QED) is 0.228. The van der Waals surface area contributed by atoms with E-state index in [0.717, 1.165) is 47.3 Å². The normalized spacial score (nSPS) is 24.9. The van der Waals surface area contributed by atoms with Crippen LogP contribution in [0, 0.1) is 11.8 Å². The number of aromatic nitrogens is 1. The Hall–Kier alpha value is -3.09. The van der Waals surface area contributed by atoms with Gasteiger partial charge in [0.15, 0.2) is 0 Å². The van der Waals surface area contributed by atoms with Crippen LogP contribution in [-0.2, 0) is 16.6 Å². The van der Waals surface area contributed by atoms with E-state index in [4.69, 9.17) is 16.3 Å². The summed E-state index contributed by atoms with van der Waals surface area (Å²) in [7, 11) is 0. The Kier molecular flexibility index (Phi) is 7.02. The zero-order chi connectivity index (χ0) is 27.0. The van der Waals surface area contributed by atoms with Crippen molar-refractivity contribution in [1.82, 2.24) is 4.98 Å². The Morgan fingerprint density at radius 3 is 2.72 bits per heavy atom. The molecule has 6 rings (SSSR count). The number of fused-ring (bicyclic) bond motifs is 3. The number of nitrogens with one attached hydrogen (secondary N) is 1. The number of hydrogen-bond acceptors (Lipinski definition) is 5. The van der Waals surface area contributed by atoms with Crippen LogP contribution in [0.2, 0.25) is 5.02 Å². The van der Waals surface area contributed by atoms with Gasteiger partial charge in [0, 0.05) is 10.7 Å². The SMILES string of the molecule is C[C@@H](COc1cccc2ncsc12)CC1Cc2ccccc2C12CCC(Nc1cccc(Cl)c1)(C(=O)O)CC2. The van der Waals surface area contributed by atoms with E-state index in [1.165, 1.54) is 11.1 Å². The third kappa shape index (κ3) is 4.89. The average Bonchev–Trinajstić information content (AvgIpc) is 3.52. The Balaban J connectivity index is 1.20. The first-order valence-electron chi connectivity index (χ1n) is 13.7. The second-order valence-electron chi connectivity index (χ2n) is 11.3. The fourth-order valence-electron chi connectivity index (χ4n) is 6.97. The minimum absolute atomic E-state index is 0.0164. The number of ether oxygens (including phenoxy) is 1. The van der Waals surface area contributed by atoms with Crippen LogP contribution in [0.25, 0.3) is 10.2 Å². The molecular weight excluding hydrogens is 528 g/mol. The van der Waals surface area contributed by atoms with Crippen molar-refractivity contribution in [3.05, 3.63) is 88.4 Å². The summed E-state index contributed by atoms with van der Waals surface area (Å²) in [6.45, 7) is 2.92. The van der Waals surface area contributed by atoms with Crippen LogP contribution < -0.4 is 10.1 Å². The van der Waals surface area contributed by atoms with Gasteiger partial charge in [0.25, 0.3) is 0 Å². The standard InChI is InChI=1S/C32H33ClN2O3S/c1-21(19-38-28-11-5-10-27-29(28)39-20-34-27)16-23-17-22-6-2-3-9-26(22)31(23)12-14-32(15-13-31,30(36)37)35-25-8-4-7-24(33)18-25/h2-11,18,20-21,23,35H,12-17,19H2,1H3,(H,36,37)/t21-,23?,31?,32?/m1/s1. The maximum absolute atomic E-state index is 12.7. The number of halogens is 1. The summed E-state index contributed by atoms with van der Waals surface area (Å²) in [5.41, 5.74) is 5.41. The molecule has 5 nitrogen and oxygen atoms in total. The van der Waals surface area contributed by atoms with Gasteiger partial charge in [-0.25, -0.2) is 9.78 Å². The van der Waals surface area contributed by atoms with Gasteiger partial charge >= 0.3 is 5.97 Å². The van der Waals surface area contributed by atoms with E-state index in [0.29, 0.717) is 36.3 Å². The van der Waals surface area contributed by atoms with Gasteiger partial charge in [-0.1, -0.05) is 54.9 Å². The van der Waals surface area contributed by atoms with Crippen molar-refractivity contribution >= 4 is 44.8 Å². The third-order valence-corrected chi connectivity index (χ3v) is 10.0. The van der Waals surface area contributed by atoms with Gasteiger partial charge in [-0.15, -0.1) is 11.3 Å². The molecule has 0 aliphatic heterocycles. The van der Waals surface area contributed by atoms with Crippen LogP contribution in [-0.4, -0.2) is 28.2 Å². The van der Waals surface area contributed by atoms with E-state index in [-0.39, 0.29) is 5.41 Å². The summed E-state index contributed by atoms with van der Waals surface area (Å²) < 4.78 is 7.41. The molecule has 39 heavy (non-hydrogen) atoms. The van der Waals surface area contributed by atoms with Gasteiger partial charge in [-0.2, -0.15) is 0 Å². The van der Waals surface area contributed by atoms with Gasteiger partial charge < -0.3 is 15.2 Å². The molecule has 7 heteroatoms. The topological polar surface area (TPSA) is 71.5 Å². The zero-order valence-electron chi connectivity index (χ0n) is 22.0. The minimum Gasteiger partial charge on any atom is -0.492 e. The predicted molar refractivity (Wildman–Crippen MR) is 158 cm³/mol.